The number of esters is 2. The number of carboxylic acids is 1. The van der Waals surface area contributed by atoms with E-state index in [-0.39, 0.29) is 38.6 Å². The van der Waals surface area contributed by atoms with Gasteiger partial charge in [-0.3, -0.25) is 9.59 Å². The van der Waals surface area contributed by atoms with Crippen LogP contribution < -0.4 is 0 Å². The molecule has 0 rings (SSSR count). The number of carbonyl (C=O) groups is 3. The quantitative estimate of drug-likeness (QED) is 0.0214. The Labute approximate surface area is 348 Å². The van der Waals surface area contributed by atoms with E-state index in [1.807, 2.05) is 21.1 Å². The normalized spacial score (nSPS) is 13.5. The zero-order valence-corrected chi connectivity index (χ0v) is 37.0. The largest absolute Gasteiger partial charge is 0.477 e. The van der Waals surface area contributed by atoms with Crippen molar-refractivity contribution in [2.75, 3.05) is 47.5 Å². The molecule has 0 saturated heterocycles. The lowest BCUT2D eigenvalue weighted by atomic mass is 10.1. The van der Waals surface area contributed by atoms with Gasteiger partial charge < -0.3 is 28.5 Å². The minimum atomic E-state index is -1.52. The van der Waals surface area contributed by atoms with E-state index in [0.717, 1.165) is 70.6 Å². The average molecular weight is 803 g/mol. The van der Waals surface area contributed by atoms with Crippen molar-refractivity contribution in [1.29, 1.82) is 0 Å². The smallest absolute Gasteiger partial charge is 0.361 e. The molecule has 0 heterocycles. The Balaban J connectivity index is 4.51. The third-order valence-electron chi connectivity index (χ3n) is 9.26. The van der Waals surface area contributed by atoms with Gasteiger partial charge in [0, 0.05) is 12.8 Å². The molecule has 0 aromatic heterocycles. The summed E-state index contributed by atoms with van der Waals surface area (Å²) in [6.45, 7) is 4.68. The van der Waals surface area contributed by atoms with Gasteiger partial charge in [-0.25, -0.2) is 4.79 Å². The highest BCUT2D eigenvalue weighted by Crippen LogP contribution is 2.13. The topological polar surface area (TPSA) is 108 Å². The van der Waals surface area contributed by atoms with Crippen molar-refractivity contribution >= 4 is 17.9 Å². The Morgan fingerprint density at radius 1 is 0.544 bits per heavy atom. The first-order valence-corrected chi connectivity index (χ1v) is 22.5. The van der Waals surface area contributed by atoms with Crippen molar-refractivity contribution in [1.82, 2.24) is 0 Å². The van der Waals surface area contributed by atoms with Crippen LogP contribution in [0.25, 0.3) is 0 Å². The highest BCUT2D eigenvalue weighted by atomic mass is 16.7. The molecule has 0 bridgehead atoms. The molecule has 2 unspecified atom stereocenters. The second kappa shape index (κ2) is 39.8. The summed E-state index contributed by atoms with van der Waals surface area (Å²) in [5.41, 5.74) is 0. The van der Waals surface area contributed by atoms with Gasteiger partial charge in [0.15, 0.2) is 6.10 Å². The summed E-state index contributed by atoms with van der Waals surface area (Å²) in [7, 11) is 5.93. The molecule has 0 saturated carbocycles. The minimum absolute atomic E-state index is 0.176. The van der Waals surface area contributed by atoms with Crippen LogP contribution in [0, 0.1) is 0 Å². The Morgan fingerprint density at radius 3 is 1.54 bits per heavy atom. The first-order chi connectivity index (χ1) is 27.6. The van der Waals surface area contributed by atoms with Gasteiger partial charge in [-0.05, 0) is 77.0 Å². The van der Waals surface area contributed by atoms with Crippen LogP contribution in [0.3, 0.4) is 0 Å². The van der Waals surface area contributed by atoms with E-state index in [2.05, 4.69) is 74.6 Å². The number of quaternary nitrogens is 1. The fraction of sp³-hybridized carbons (Fsp3) is 0.729. The number of allylic oxidation sites excluding steroid dienone is 10. The Bertz CT molecular complexity index is 1120. The fourth-order valence-electron chi connectivity index (χ4n) is 5.76. The Hall–Kier alpha value is -3.01. The molecule has 0 radical (unpaired) electrons. The predicted octanol–water partition coefficient (Wildman–Crippen LogP) is 11.8. The Kier molecular flexibility index (Phi) is 37.7. The van der Waals surface area contributed by atoms with Gasteiger partial charge in [-0.15, -0.1) is 0 Å². The minimum Gasteiger partial charge on any atom is -0.477 e. The molecule has 1 N–H and O–H groups in total. The van der Waals surface area contributed by atoms with Crippen LogP contribution in [0.1, 0.15) is 168 Å². The van der Waals surface area contributed by atoms with Crippen LogP contribution in [0.15, 0.2) is 60.8 Å². The molecule has 9 heteroatoms. The number of carbonyl (C=O) groups excluding carboxylic acids is 2. The van der Waals surface area contributed by atoms with E-state index in [1.54, 1.807) is 0 Å². The third kappa shape index (κ3) is 41.0. The number of aliphatic carboxylic acids is 1. The summed E-state index contributed by atoms with van der Waals surface area (Å²) in [5, 5.41) is 9.63. The van der Waals surface area contributed by atoms with Gasteiger partial charge in [-0.1, -0.05) is 139 Å². The molecule has 0 spiro atoms. The second-order valence-corrected chi connectivity index (χ2v) is 16.0. The molecule has 0 fully saturated rings. The zero-order valence-electron chi connectivity index (χ0n) is 37.0. The number of ether oxygens (including phenoxy) is 4. The molecule has 57 heavy (non-hydrogen) atoms. The standard InChI is InChI=1S/C48H83NO8/c1-6-8-10-12-14-16-18-20-22-23-25-26-28-30-32-34-36-38-45(50)55-42-44(43-56-48(47(52)53)54-41-40-49(3,4)5)57-46(51)39-37-35-33-31-29-27-24-21-19-17-15-13-11-9-7-2/h9,11,15,17,20-22,24,29,31,44,48H,6-8,10,12-14,16,18-19,23,25-28,30,32-43H2,1-5H3/p+1/b11-9-,17-15-,22-20-,24-21-,31-29-. The SMILES string of the molecule is CC/C=C\C/C=C\C/C=C\C/C=C\CCCCC(=O)OC(COC(=O)CCCCCCCCC/C=C\CCCCCCCC)COC(OCC[N+](C)(C)C)C(=O)O. The Morgan fingerprint density at radius 2 is 1.00 bits per heavy atom. The molecular formula is C48H84NO8+. The first kappa shape index (κ1) is 54.0. The maximum atomic E-state index is 12.7. The molecule has 2 atom stereocenters. The molecule has 9 nitrogen and oxygen atoms in total. The van der Waals surface area contributed by atoms with E-state index in [4.69, 9.17) is 18.9 Å². The maximum absolute atomic E-state index is 12.7. The average Bonchev–Trinajstić information content (AvgIpc) is 3.17. The summed E-state index contributed by atoms with van der Waals surface area (Å²) in [6, 6.07) is 0. The number of unbranched alkanes of at least 4 members (excludes halogenated alkanes) is 15. The van der Waals surface area contributed by atoms with Gasteiger partial charge in [0.05, 0.1) is 34.4 Å². The summed E-state index contributed by atoms with van der Waals surface area (Å²) >= 11 is 0. The zero-order chi connectivity index (χ0) is 42.1. The van der Waals surface area contributed by atoms with Gasteiger partial charge in [0.2, 0.25) is 0 Å². The lowest BCUT2D eigenvalue weighted by Crippen LogP contribution is -2.40. The van der Waals surface area contributed by atoms with E-state index < -0.39 is 24.3 Å². The highest BCUT2D eigenvalue weighted by molar-refractivity contribution is 5.71. The van der Waals surface area contributed by atoms with Crippen molar-refractivity contribution in [3.8, 4) is 0 Å². The van der Waals surface area contributed by atoms with Gasteiger partial charge in [0.1, 0.15) is 13.2 Å². The molecule has 0 aliphatic rings. The van der Waals surface area contributed by atoms with E-state index >= 15 is 0 Å². The number of nitrogens with zero attached hydrogens (tertiary/aromatic N) is 1. The van der Waals surface area contributed by atoms with Gasteiger partial charge in [0.25, 0.3) is 6.29 Å². The summed E-state index contributed by atoms with van der Waals surface area (Å²) in [5.74, 6) is -2.08. The lowest BCUT2D eigenvalue weighted by Gasteiger charge is -2.25. The summed E-state index contributed by atoms with van der Waals surface area (Å²) in [4.78, 5) is 37.1. The number of carboxylic acid groups (broad SMARTS) is 1. The molecular weight excluding hydrogens is 719 g/mol. The number of hydrogen-bond donors (Lipinski definition) is 1. The van der Waals surface area contributed by atoms with Crippen molar-refractivity contribution in [3.05, 3.63) is 60.8 Å². The number of likely N-dealkylation sites (N-methyl/N-ethyl adjacent to an activating group) is 1. The number of hydrogen-bond acceptors (Lipinski definition) is 7. The van der Waals surface area contributed by atoms with E-state index in [1.165, 1.54) is 64.2 Å². The monoisotopic (exact) mass is 803 g/mol. The van der Waals surface area contributed by atoms with Crippen molar-refractivity contribution in [2.24, 2.45) is 0 Å². The molecule has 0 aromatic rings. The predicted molar refractivity (Wildman–Crippen MR) is 235 cm³/mol. The van der Waals surface area contributed by atoms with E-state index in [9.17, 15) is 19.5 Å². The van der Waals surface area contributed by atoms with Crippen LogP contribution in [0.5, 0.6) is 0 Å². The molecule has 0 aromatic carbocycles. The van der Waals surface area contributed by atoms with E-state index in [0.29, 0.717) is 17.4 Å². The highest BCUT2D eigenvalue weighted by Gasteiger charge is 2.25. The van der Waals surface area contributed by atoms with Crippen LogP contribution >= 0.6 is 0 Å². The van der Waals surface area contributed by atoms with Gasteiger partial charge >= 0.3 is 17.9 Å². The van der Waals surface area contributed by atoms with Crippen molar-refractivity contribution in [2.45, 2.75) is 180 Å². The van der Waals surface area contributed by atoms with Crippen LogP contribution in [-0.2, 0) is 33.3 Å². The van der Waals surface area contributed by atoms with Crippen LogP contribution in [-0.4, -0.2) is 87.4 Å². The third-order valence-corrected chi connectivity index (χ3v) is 9.26. The number of rotatable bonds is 40. The van der Waals surface area contributed by atoms with Crippen LogP contribution in [0.2, 0.25) is 0 Å². The summed E-state index contributed by atoms with van der Waals surface area (Å²) in [6.07, 6.45) is 44.3. The van der Waals surface area contributed by atoms with Gasteiger partial charge in [-0.2, -0.15) is 0 Å². The molecule has 0 amide bonds. The first-order valence-electron chi connectivity index (χ1n) is 22.5. The van der Waals surface area contributed by atoms with Crippen molar-refractivity contribution in [3.63, 3.8) is 0 Å². The molecule has 0 aliphatic carbocycles. The fourth-order valence-corrected chi connectivity index (χ4v) is 5.76. The molecule has 0 aliphatic heterocycles. The summed E-state index contributed by atoms with van der Waals surface area (Å²) < 4.78 is 22.7. The van der Waals surface area contributed by atoms with Crippen molar-refractivity contribution < 1.29 is 42.9 Å². The maximum Gasteiger partial charge on any atom is 0.361 e. The molecule has 328 valence electrons. The second-order valence-electron chi connectivity index (χ2n) is 16.0. The lowest BCUT2D eigenvalue weighted by molar-refractivity contribution is -0.870. The van der Waals surface area contributed by atoms with Crippen LogP contribution in [0.4, 0.5) is 0 Å².